The summed E-state index contributed by atoms with van der Waals surface area (Å²) in [5, 5.41) is 20.9. The average Bonchev–Trinajstić information content (AvgIpc) is 2.93. The summed E-state index contributed by atoms with van der Waals surface area (Å²) in [7, 11) is 0. The van der Waals surface area contributed by atoms with E-state index in [9.17, 15) is 19.5 Å². The highest BCUT2D eigenvalue weighted by Crippen LogP contribution is 2.50. The first kappa shape index (κ1) is 13.4. The lowest BCUT2D eigenvalue weighted by molar-refractivity contribution is -0.153. The van der Waals surface area contributed by atoms with Crippen molar-refractivity contribution in [2.24, 2.45) is 5.92 Å². The Balaban J connectivity index is 1.80. The van der Waals surface area contributed by atoms with Gasteiger partial charge in [0.2, 0.25) is 11.8 Å². The predicted molar refractivity (Wildman–Crippen MR) is 69.2 cm³/mol. The van der Waals surface area contributed by atoms with E-state index in [0.29, 0.717) is 24.2 Å². The number of amides is 2. The number of aliphatic hydroxyl groups excluding tert-OH is 1. The van der Waals surface area contributed by atoms with Crippen LogP contribution in [0.3, 0.4) is 0 Å². The lowest BCUT2D eigenvalue weighted by atomic mass is 9.98. The molecule has 108 valence electrons. The summed E-state index contributed by atoms with van der Waals surface area (Å²) in [6, 6.07) is -0.0688. The zero-order chi connectivity index (χ0) is 14.4. The van der Waals surface area contributed by atoms with Gasteiger partial charge in [-0.15, -0.1) is 11.8 Å². The molecule has 0 aromatic heterocycles. The number of hydrogen-bond acceptors (Lipinski definition) is 5. The van der Waals surface area contributed by atoms with Gasteiger partial charge < -0.3 is 15.5 Å². The smallest absolute Gasteiger partial charge is 0.353 e. The minimum atomic E-state index is -1.14. The summed E-state index contributed by atoms with van der Waals surface area (Å²) < 4.78 is 0. The van der Waals surface area contributed by atoms with Gasteiger partial charge in [-0.2, -0.15) is 0 Å². The Hall–Kier alpha value is -1.54. The number of nitrogens with zero attached hydrogens (tertiary/aromatic N) is 1. The Bertz CT molecular complexity index is 532. The molecule has 2 fully saturated rings. The number of β-lactam (4-membered cyclic amide) rings is 1. The molecule has 2 saturated heterocycles. The molecule has 0 spiro atoms. The van der Waals surface area contributed by atoms with Crippen molar-refractivity contribution in [3.63, 3.8) is 0 Å². The molecule has 3 heterocycles. The average molecular weight is 298 g/mol. The third-order valence-electron chi connectivity index (χ3n) is 3.84. The van der Waals surface area contributed by atoms with Crippen LogP contribution < -0.4 is 5.32 Å². The largest absolute Gasteiger partial charge is 0.477 e. The summed E-state index contributed by atoms with van der Waals surface area (Å²) >= 11 is 1.31. The van der Waals surface area contributed by atoms with E-state index in [1.54, 1.807) is 0 Å². The number of thioether (sulfide) groups is 1. The number of rotatable bonds is 4. The fourth-order valence-electron chi connectivity index (χ4n) is 2.82. The van der Waals surface area contributed by atoms with Crippen LogP contribution in [0.1, 0.15) is 19.3 Å². The first-order valence-corrected chi connectivity index (χ1v) is 7.27. The molecule has 8 heteroatoms. The van der Waals surface area contributed by atoms with E-state index < -0.39 is 11.9 Å². The zero-order valence-electron chi connectivity index (χ0n) is 10.5. The highest BCUT2D eigenvalue weighted by Gasteiger charge is 2.55. The molecule has 7 nitrogen and oxygen atoms in total. The molecule has 3 aliphatic heterocycles. The van der Waals surface area contributed by atoms with Gasteiger partial charge in [0.1, 0.15) is 11.1 Å². The third kappa shape index (κ3) is 1.90. The van der Waals surface area contributed by atoms with Crippen molar-refractivity contribution in [2.45, 2.75) is 30.7 Å². The molecule has 3 rings (SSSR count). The second-order valence-corrected chi connectivity index (χ2v) is 6.30. The van der Waals surface area contributed by atoms with Gasteiger partial charge in [-0.3, -0.25) is 14.5 Å². The maximum absolute atomic E-state index is 11.8. The summed E-state index contributed by atoms with van der Waals surface area (Å²) in [4.78, 5) is 36.2. The van der Waals surface area contributed by atoms with Crippen molar-refractivity contribution in [3.8, 4) is 0 Å². The topological polar surface area (TPSA) is 107 Å². The fraction of sp³-hybridized carbons (Fsp3) is 0.583. The predicted octanol–water partition coefficient (Wildman–Crippen LogP) is -0.525. The van der Waals surface area contributed by atoms with Crippen molar-refractivity contribution in [1.82, 2.24) is 10.2 Å². The Labute approximate surface area is 119 Å². The van der Waals surface area contributed by atoms with E-state index in [-0.39, 0.29) is 35.5 Å². The first-order valence-electron chi connectivity index (χ1n) is 6.39. The number of carboxylic acid groups (broad SMARTS) is 1. The van der Waals surface area contributed by atoms with Crippen LogP contribution in [0.2, 0.25) is 0 Å². The van der Waals surface area contributed by atoms with E-state index in [4.69, 9.17) is 5.11 Å². The van der Waals surface area contributed by atoms with Crippen LogP contribution >= 0.6 is 11.8 Å². The van der Waals surface area contributed by atoms with Crippen LogP contribution in [-0.2, 0) is 14.4 Å². The minimum Gasteiger partial charge on any atom is -0.477 e. The number of aliphatic carboxylic acids is 1. The summed E-state index contributed by atoms with van der Waals surface area (Å²) in [6.45, 7) is -0.270. The summed E-state index contributed by atoms with van der Waals surface area (Å²) in [6.07, 6.45) is 1.56. The van der Waals surface area contributed by atoms with Gasteiger partial charge >= 0.3 is 5.97 Å². The standard InChI is InChI=1S/C12H14N2O5S/c15-4-6-10(17)14-9(12(18)19)7(20-11(6)14)3-5-1-2-8(16)13-5/h5-6,11,15H,1-4H2,(H,13,16)(H,18,19)/t5-,6+,11-/m1/s1. The maximum Gasteiger partial charge on any atom is 0.353 e. The van der Waals surface area contributed by atoms with E-state index in [1.165, 1.54) is 16.7 Å². The van der Waals surface area contributed by atoms with Crippen LogP contribution in [0.5, 0.6) is 0 Å². The van der Waals surface area contributed by atoms with Gasteiger partial charge in [0.15, 0.2) is 0 Å². The monoisotopic (exact) mass is 298 g/mol. The Morgan fingerprint density at radius 3 is 2.75 bits per heavy atom. The molecule has 0 aromatic carbocycles. The van der Waals surface area contributed by atoms with Gasteiger partial charge in [-0.1, -0.05) is 0 Å². The lowest BCUT2D eigenvalue weighted by Gasteiger charge is -2.41. The van der Waals surface area contributed by atoms with E-state index in [1.807, 2.05) is 0 Å². The quantitative estimate of drug-likeness (QED) is 0.603. The number of fused-ring (bicyclic) bond motifs is 1. The first-order chi connectivity index (χ1) is 9.52. The van der Waals surface area contributed by atoms with Crippen molar-refractivity contribution < 1.29 is 24.6 Å². The lowest BCUT2D eigenvalue weighted by Crippen LogP contribution is -2.58. The van der Waals surface area contributed by atoms with Crippen LogP contribution in [0.4, 0.5) is 0 Å². The van der Waals surface area contributed by atoms with Gasteiger partial charge in [0.25, 0.3) is 0 Å². The molecular weight excluding hydrogens is 284 g/mol. The van der Waals surface area contributed by atoms with E-state index in [2.05, 4.69) is 5.32 Å². The van der Waals surface area contributed by atoms with Crippen LogP contribution in [-0.4, -0.2) is 50.9 Å². The maximum atomic E-state index is 11.8. The Morgan fingerprint density at radius 2 is 2.20 bits per heavy atom. The number of carbonyl (C=O) groups is 3. The van der Waals surface area contributed by atoms with Crippen LogP contribution in [0, 0.1) is 5.92 Å². The third-order valence-corrected chi connectivity index (χ3v) is 5.26. The fourth-order valence-corrected chi connectivity index (χ4v) is 4.39. The normalized spacial score (nSPS) is 32.2. The zero-order valence-corrected chi connectivity index (χ0v) is 11.4. The molecular formula is C12H14N2O5S. The second kappa shape index (κ2) is 4.78. The van der Waals surface area contributed by atoms with Gasteiger partial charge in [0, 0.05) is 23.8 Å². The molecule has 3 N–H and O–H groups in total. The number of carbonyl (C=O) groups excluding carboxylic acids is 2. The molecule has 3 aliphatic rings. The number of aliphatic hydroxyl groups is 1. The van der Waals surface area contributed by atoms with Crippen LogP contribution in [0.25, 0.3) is 0 Å². The summed E-state index contributed by atoms with van der Waals surface area (Å²) in [5.41, 5.74) is 0.0100. The van der Waals surface area contributed by atoms with Crippen molar-refractivity contribution in [2.75, 3.05) is 6.61 Å². The number of hydrogen-bond donors (Lipinski definition) is 3. The molecule has 0 aromatic rings. The number of carboxylic acids is 1. The molecule has 0 bridgehead atoms. The van der Waals surface area contributed by atoms with E-state index >= 15 is 0 Å². The Kier molecular flexibility index (Phi) is 3.21. The molecule has 2 amide bonds. The molecule has 0 saturated carbocycles. The number of nitrogens with one attached hydrogen (secondary N) is 1. The minimum absolute atomic E-state index is 0.0100. The highest BCUT2D eigenvalue weighted by molar-refractivity contribution is 8.04. The summed E-state index contributed by atoms with van der Waals surface area (Å²) in [5.74, 6) is -2.02. The second-order valence-electron chi connectivity index (χ2n) is 5.09. The molecule has 0 radical (unpaired) electrons. The molecule has 20 heavy (non-hydrogen) atoms. The van der Waals surface area contributed by atoms with E-state index in [0.717, 1.165) is 0 Å². The molecule has 0 aliphatic carbocycles. The van der Waals surface area contributed by atoms with Gasteiger partial charge in [0.05, 0.1) is 12.5 Å². The molecule has 3 atom stereocenters. The van der Waals surface area contributed by atoms with Crippen molar-refractivity contribution in [1.29, 1.82) is 0 Å². The highest BCUT2D eigenvalue weighted by atomic mass is 32.2. The Morgan fingerprint density at radius 1 is 1.45 bits per heavy atom. The van der Waals surface area contributed by atoms with Gasteiger partial charge in [-0.25, -0.2) is 4.79 Å². The van der Waals surface area contributed by atoms with Crippen molar-refractivity contribution >= 4 is 29.5 Å². The molecule has 0 unspecified atom stereocenters. The SMILES string of the molecule is O=C1CC[C@H](CC2=C(C(=O)O)N3C(=O)[C@H](CO)[C@H]3S2)N1. The van der Waals surface area contributed by atoms with Crippen molar-refractivity contribution in [3.05, 3.63) is 10.6 Å². The van der Waals surface area contributed by atoms with Gasteiger partial charge in [-0.05, 0) is 6.42 Å². The van der Waals surface area contributed by atoms with Crippen LogP contribution in [0.15, 0.2) is 10.6 Å².